The lowest BCUT2D eigenvalue weighted by Gasteiger charge is -2.11. The first-order chi connectivity index (χ1) is 8.27. The smallest absolute Gasteiger partial charge is 0.310 e. The molecule has 0 aliphatic heterocycles. The molecule has 0 radical (unpaired) electrons. The maximum atomic E-state index is 12.0. The second-order valence-electron chi connectivity index (χ2n) is 4.38. The standard InChI is InChI=1S/C10H12BrNO4S2/c1-6-7(4-8(11)17-6)18(15,16)12-5-10(2-3-10)9(13)14/h4,12H,2-3,5H2,1H3,(H,13,14). The van der Waals surface area contributed by atoms with Crippen molar-refractivity contribution in [2.75, 3.05) is 6.54 Å². The number of hydrogen-bond donors (Lipinski definition) is 2. The second kappa shape index (κ2) is 4.59. The van der Waals surface area contributed by atoms with Crippen LogP contribution in [0.2, 0.25) is 0 Å². The number of halogens is 1. The van der Waals surface area contributed by atoms with E-state index in [2.05, 4.69) is 20.7 Å². The fourth-order valence-electron chi connectivity index (χ4n) is 1.63. The summed E-state index contributed by atoms with van der Waals surface area (Å²) in [6, 6.07) is 1.53. The van der Waals surface area contributed by atoms with Gasteiger partial charge in [-0.15, -0.1) is 11.3 Å². The number of thiophene rings is 1. The molecule has 1 aliphatic rings. The molecule has 1 saturated carbocycles. The summed E-state index contributed by atoms with van der Waals surface area (Å²) in [6.07, 6.45) is 1.05. The molecule has 0 saturated heterocycles. The van der Waals surface area contributed by atoms with Gasteiger partial charge in [0.25, 0.3) is 0 Å². The second-order valence-corrected chi connectivity index (χ2v) is 8.75. The minimum Gasteiger partial charge on any atom is -0.481 e. The van der Waals surface area contributed by atoms with Crippen molar-refractivity contribution in [3.05, 3.63) is 14.7 Å². The number of carboxylic acid groups (broad SMARTS) is 1. The van der Waals surface area contributed by atoms with E-state index in [1.165, 1.54) is 17.4 Å². The van der Waals surface area contributed by atoms with Gasteiger partial charge >= 0.3 is 5.97 Å². The molecule has 0 unspecified atom stereocenters. The topological polar surface area (TPSA) is 83.5 Å². The maximum Gasteiger partial charge on any atom is 0.310 e. The zero-order chi connectivity index (χ0) is 13.6. The molecule has 0 spiro atoms. The largest absolute Gasteiger partial charge is 0.481 e. The third kappa shape index (κ3) is 2.61. The number of carbonyl (C=O) groups is 1. The van der Waals surface area contributed by atoms with E-state index in [0.29, 0.717) is 17.7 Å². The lowest BCUT2D eigenvalue weighted by Crippen LogP contribution is -2.34. The van der Waals surface area contributed by atoms with E-state index in [-0.39, 0.29) is 11.4 Å². The van der Waals surface area contributed by atoms with Gasteiger partial charge in [0.2, 0.25) is 10.0 Å². The van der Waals surface area contributed by atoms with Gasteiger partial charge in [-0.05, 0) is 41.8 Å². The van der Waals surface area contributed by atoms with Crippen molar-refractivity contribution < 1.29 is 18.3 Å². The summed E-state index contributed by atoms with van der Waals surface area (Å²) in [5.74, 6) is -0.937. The van der Waals surface area contributed by atoms with Crippen LogP contribution in [0.15, 0.2) is 14.7 Å². The number of nitrogens with one attached hydrogen (secondary N) is 1. The van der Waals surface area contributed by atoms with Gasteiger partial charge in [-0.25, -0.2) is 13.1 Å². The first-order valence-corrected chi connectivity index (χ1v) is 8.35. The molecule has 0 atom stereocenters. The van der Waals surface area contributed by atoms with Crippen LogP contribution in [-0.2, 0) is 14.8 Å². The number of aliphatic carboxylic acids is 1. The van der Waals surface area contributed by atoms with Crippen molar-refractivity contribution in [1.82, 2.24) is 4.72 Å². The Hall–Kier alpha value is -0.440. The average Bonchev–Trinajstić information content (AvgIpc) is 2.97. The molecule has 100 valence electrons. The van der Waals surface area contributed by atoms with E-state index in [1.807, 2.05) is 0 Å². The van der Waals surface area contributed by atoms with Crippen LogP contribution in [0, 0.1) is 12.3 Å². The highest BCUT2D eigenvalue weighted by Gasteiger charge is 2.50. The van der Waals surface area contributed by atoms with Gasteiger partial charge in [0.15, 0.2) is 0 Å². The van der Waals surface area contributed by atoms with Crippen molar-refractivity contribution in [1.29, 1.82) is 0 Å². The number of rotatable bonds is 5. The van der Waals surface area contributed by atoms with Crippen molar-refractivity contribution in [2.45, 2.75) is 24.7 Å². The lowest BCUT2D eigenvalue weighted by atomic mass is 10.1. The molecule has 1 heterocycles. The molecule has 1 aromatic rings. The van der Waals surface area contributed by atoms with Gasteiger partial charge < -0.3 is 5.11 Å². The van der Waals surface area contributed by atoms with Gasteiger partial charge in [-0.2, -0.15) is 0 Å². The summed E-state index contributed by atoms with van der Waals surface area (Å²) in [4.78, 5) is 11.9. The van der Waals surface area contributed by atoms with E-state index in [1.54, 1.807) is 6.92 Å². The highest BCUT2D eigenvalue weighted by Crippen LogP contribution is 2.45. The number of carboxylic acids is 1. The zero-order valence-electron chi connectivity index (χ0n) is 9.57. The molecule has 5 nitrogen and oxygen atoms in total. The number of hydrogen-bond acceptors (Lipinski definition) is 4. The van der Waals surface area contributed by atoms with Crippen molar-refractivity contribution >= 4 is 43.3 Å². The Labute approximate surface area is 117 Å². The highest BCUT2D eigenvalue weighted by molar-refractivity contribution is 9.11. The van der Waals surface area contributed by atoms with Crippen LogP contribution >= 0.6 is 27.3 Å². The summed E-state index contributed by atoms with van der Waals surface area (Å²) in [5.41, 5.74) is -0.895. The normalized spacial score (nSPS) is 17.7. The summed E-state index contributed by atoms with van der Waals surface area (Å²) in [7, 11) is -3.63. The van der Waals surface area contributed by atoms with E-state index in [4.69, 9.17) is 5.11 Å². The Balaban J connectivity index is 2.14. The monoisotopic (exact) mass is 353 g/mol. The van der Waals surface area contributed by atoms with Crippen molar-refractivity contribution in [2.24, 2.45) is 5.41 Å². The predicted molar refractivity (Wildman–Crippen MR) is 71.2 cm³/mol. The minimum atomic E-state index is -3.63. The van der Waals surface area contributed by atoms with Crippen molar-refractivity contribution in [3.63, 3.8) is 0 Å². The molecule has 8 heteroatoms. The SMILES string of the molecule is Cc1sc(Br)cc1S(=O)(=O)NCC1(C(=O)O)CC1. The molecule has 0 amide bonds. The van der Waals surface area contributed by atoms with Crippen LogP contribution in [-0.4, -0.2) is 26.0 Å². The fraction of sp³-hybridized carbons (Fsp3) is 0.500. The van der Waals surface area contributed by atoms with E-state index >= 15 is 0 Å². The summed E-state index contributed by atoms with van der Waals surface area (Å²) in [6.45, 7) is 1.67. The van der Waals surface area contributed by atoms with Gasteiger partial charge in [-0.1, -0.05) is 0 Å². The van der Waals surface area contributed by atoms with Crippen LogP contribution in [0.3, 0.4) is 0 Å². The summed E-state index contributed by atoms with van der Waals surface area (Å²) < 4.78 is 27.2. The van der Waals surface area contributed by atoms with Crippen LogP contribution in [0.5, 0.6) is 0 Å². The Morgan fingerprint density at radius 1 is 1.61 bits per heavy atom. The average molecular weight is 354 g/mol. The van der Waals surface area contributed by atoms with Crippen LogP contribution in [0.25, 0.3) is 0 Å². The quantitative estimate of drug-likeness (QED) is 0.847. The molecule has 2 N–H and O–H groups in total. The molecule has 0 bridgehead atoms. The predicted octanol–water partition coefficient (Wildman–Crippen LogP) is 1.96. The van der Waals surface area contributed by atoms with E-state index in [9.17, 15) is 13.2 Å². The minimum absolute atomic E-state index is 0.0441. The van der Waals surface area contributed by atoms with Crippen LogP contribution < -0.4 is 4.72 Å². The highest BCUT2D eigenvalue weighted by atomic mass is 79.9. The first-order valence-electron chi connectivity index (χ1n) is 5.26. The number of aryl methyl sites for hydroxylation is 1. The van der Waals surface area contributed by atoms with Crippen molar-refractivity contribution in [3.8, 4) is 0 Å². The Morgan fingerprint density at radius 2 is 2.22 bits per heavy atom. The first kappa shape index (κ1) is 14.0. The number of sulfonamides is 1. The molecular weight excluding hydrogens is 342 g/mol. The lowest BCUT2D eigenvalue weighted by molar-refractivity contribution is -0.143. The third-order valence-electron chi connectivity index (χ3n) is 3.04. The third-order valence-corrected chi connectivity index (χ3v) is 6.25. The molecule has 1 fully saturated rings. The van der Waals surface area contributed by atoms with Gasteiger partial charge in [0.1, 0.15) is 0 Å². The molecule has 1 aliphatic carbocycles. The van der Waals surface area contributed by atoms with Gasteiger partial charge in [0.05, 0.1) is 14.1 Å². The van der Waals surface area contributed by atoms with Crippen LogP contribution in [0.4, 0.5) is 0 Å². The van der Waals surface area contributed by atoms with Gasteiger partial charge in [-0.3, -0.25) is 4.79 Å². The Bertz CT molecular complexity index is 589. The fourth-order valence-corrected chi connectivity index (χ4v) is 5.17. The molecule has 2 rings (SSSR count). The van der Waals surface area contributed by atoms with Gasteiger partial charge in [0, 0.05) is 11.4 Å². The van der Waals surface area contributed by atoms with E-state index in [0.717, 1.165) is 3.79 Å². The zero-order valence-corrected chi connectivity index (χ0v) is 12.8. The van der Waals surface area contributed by atoms with E-state index < -0.39 is 21.4 Å². The molecule has 18 heavy (non-hydrogen) atoms. The maximum absolute atomic E-state index is 12.0. The Morgan fingerprint density at radius 3 is 2.61 bits per heavy atom. The Kier molecular flexibility index (Phi) is 3.56. The molecule has 1 aromatic heterocycles. The summed E-state index contributed by atoms with van der Waals surface area (Å²) >= 11 is 4.57. The molecular formula is C10H12BrNO4S2. The molecule has 0 aromatic carbocycles. The summed E-state index contributed by atoms with van der Waals surface area (Å²) in [5, 5.41) is 8.99. The van der Waals surface area contributed by atoms with Crippen LogP contribution in [0.1, 0.15) is 17.7 Å².